The van der Waals surface area contributed by atoms with Crippen LogP contribution < -0.4 is 24.8 Å². The second-order valence-electron chi connectivity index (χ2n) is 10.6. The van der Waals surface area contributed by atoms with Gasteiger partial charge in [0.25, 0.3) is 0 Å². The molecule has 0 aromatic rings. The Labute approximate surface area is 242 Å². The maximum atomic E-state index is 6.32. The van der Waals surface area contributed by atoms with Gasteiger partial charge >= 0.3 is 0 Å². The third kappa shape index (κ3) is 22.4. The maximum absolute atomic E-state index is 6.32. The Morgan fingerprint density at radius 1 is 0.472 bits per heavy atom. The number of hydrogen-bond donors (Lipinski definition) is 0. The summed E-state index contributed by atoms with van der Waals surface area (Å²) in [5, 5.41) is 0. The minimum atomic E-state index is 0. The minimum absolute atomic E-state index is 0. The Morgan fingerprint density at radius 2 is 0.833 bits per heavy atom. The smallest absolute Gasteiger partial charge is 0.114 e. The fraction of sp³-hybridized carbons (Fsp3) is 1.00. The topological polar surface area (TPSA) is 9.23 Å². The number of quaternary nitrogens is 2. The second-order valence-corrected chi connectivity index (χ2v) is 10.6. The molecule has 0 saturated heterocycles. The van der Waals surface area contributed by atoms with Crippen molar-refractivity contribution in [2.24, 2.45) is 0 Å². The molecule has 3 nitrogen and oxygen atoms in total. The van der Waals surface area contributed by atoms with Gasteiger partial charge in [0.15, 0.2) is 0 Å². The summed E-state index contributed by atoms with van der Waals surface area (Å²) < 4.78 is 2.12. The molecule has 0 aliphatic carbocycles. The predicted octanol–water partition coefficient (Wildman–Crippen LogP) is 3.56. The Balaban J connectivity index is -0.000000362. The van der Waals surface area contributed by atoms with Crippen LogP contribution >= 0.6 is 0 Å². The average Bonchev–Trinajstić information content (AvgIpc) is 2.87. The van der Waals surface area contributed by atoms with Gasteiger partial charge in [-0.05, 0) is 61.3 Å². The van der Waals surface area contributed by atoms with E-state index < -0.39 is 0 Å². The van der Waals surface area contributed by atoms with Crippen molar-refractivity contribution in [2.75, 3.05) is 45.8 Å². The van der Waals surface area contributed by atoms with Crippen molar-refractivity contribution < 1.29 is 38.8 Å². The lowest BCUT2D eigenvalue weighted by Crippen LogP contribution is -3.00. The van der Waals surface area contributed by atoms with Gasteiger partial charge in [0.1, 0.15) is 25.7 Å². The second kappa shape index (κ2) is 30.0. The van der Waals surface area contributed by atoms with Crippen molar-refractivity contribution in [1.29, 1.82) is 0 Å². The normalized spacial score (nSPS) is 12.2. The van der Waals surface area contributed by atoms with Crippen LogP contribution in [-0.4, -0.2) is 61.0 Å². The van der Waals surface area contributed by atoms with E-state index in [4.69, 9.17) is 4.84 Å². The molecule has 0 amide bonds. The van der Waals surface area contributed by atoms with Crippen LogP contribution in [0.1, 0.15) is 152 Å². The van der Waals surface area contributed by atoms with Crippen LogP contribution in [0.2, 0.25) is 0 Å². The van der Waals surface area contributed by atoms with Gasteiger partial charge in [-0.3, -0.25) is 0 Å². The molecular formula is C31H70Cl2N2O. The van der Waals surface area contributed by atoms with Crippen LogP contribution in [0.15, 0.2) is 0 Å². The fourth-order valence-electron chi connectivity index (χ4n) is 5.22. The van der Waals surface area contributed by atoms with Crippen molar-refractivity contribution in [3.8, 4) is 0 Å². The Kier molecular flexibility index (Phi) is 36.3. The first-order chi connectivity index (χ1) is 16.4. The van der Waals surface area contributed by atoms with E-state index >= 15 is 0 Å². The summed E-state index contributed by atoms with van der Waals surface area (Å²) in [6, 6.07) is 0. The zero-order valence-corrected chi connectivity index (χ0v) is 28.0. The van der Waals surface area contributed by atoms with Gasteiger partial charge in [0.05, 0.1) is 26.2 Å². The number of hydroxylamine groups is 3. The highest BCUT2D eigenvalue weighted by molar-refractivity contribution is 4.52. The van der Waals surface area contributed by atoms with E-state index in [0.717, 1.165) is 24.3 Å². The van der Waals surface area contributed by atoms with E-state index in [1.165, 1.54) is 121 Å². The predicted molar refractivity (Wildman–Crippen MR) is 155 cm³/mol. The van der Waals surface area contributed by atoms with Gasteiger partial charge in [0, 0.05) is 0 Å². The van der Waals surface area contributed by atoms with Crippen molar-refractivity contribution >= 4 is 0 Å². The van der Waals surface area contributed by atoms with Gasteiger partial charge in [0.2, 0.25) is 0 Å². The Bertz CT molecular complexity index is 386. The molecular weight excluding hydrogens is 487 g/mol. The molecule has 0 aromatic carbocycles. The van der Waals surface area contributed by atoms with Crippen LogP contribution in [-0.2, 0) is 4.84 Å². The summed E-state index contributed by atoms with van der Waals surface area (Å²) in [6.45, 7) is 28.9. The molecule has 36 heavy (non-hydrogen) atoms. The number of nitrogens with zero attached hydrogens (tertiary/aromatic N) is 2. The van der Waals surface area contributed by atoms with Crippen molar-refractivity contribution in [2.45, 2.75) is 158 Å². The zero-order valence-electron chi connectivity index (χ0n) is 26.5. The van der Waals surface area contributed by atoms with E-state index in [2.05, 4.69) is 62.3 Å². The molecule has 1 unspecified atom stereocenters. The number of unbranched alkanes of at least 4 members (excludes halogenated alkanes) is 11. The molecule has 0 bridgehead atoms. The van der Waals surface area contributed by atoms with Crippen LogP contribution in [0.5, 0.6) is 0 Å². The molecule has 1 atom stereocenters. The lowest BCUT2D eigenvalue weighted by molar-refractivity contribution is -1.11. The molecule has 0 N–H and O–H groups in total. The highest BCUT2D eigenvalue weighted by Crippen LogP contribution is 2.17. The molecule has 0 radical (unpaired) electrons. The molecule has 5 heteroatoms. The molecule has 0 heterocycles. The van der Waals surface area contributed by atoms with Gasteiger partial charge in [-0.2, -0.15) is 9.48 Å². The van der Waals surface area contributed by atoms with E-state index in [0.29, 0.717) is 6.10 Å². The number of hydrogen-bond acceptors (Lipinski definition) is 1. The summed E-state index contributed by atoms with van der Waals surface area (Å²) in [6.07, 6.45) is 20.0. The standard InChI is InChI=1S/C22H48NO.C9H22N.2ClH/c1-6-10-11-12-13-14-15-16-17-18-19-20-21-22(5)24-23(7-2,8-3)9-4;1-5-9-10(6-2,7-3)8-4;;/h22H,6-21H2,1-5H3;5-9H2,1-4H3;2*1H/q2*+1;;/p-2. The number of halogens is 2. The van der Waals surface area contributed by atoms with Crippen LogP contribution in [0, 0.1) is 0 Å². The third-order valence-electron chi connectivity index (χ3n) is 8.31. The molecule has 0 aliphatic heterocycles. The fourth-order valence-corrected chi connectivity index (χ4v) is 5.22. The van der Waals surface area contributed by atoms with E-state index in [9.17, 15) is 0 Å². The van der Waals surface area contributed by atoms with Crippen LogP contribution in [0.4, 0.5) is 0 Å². The monoisotopic (exact) mass is 556 g/mol. The van der Waals surface area contributed by atoms with E-state index in [1.807, 2.05) is 0 Å². The first kappa shape index (κ1) is 43.5. The lowest BCUT2D eigenvalue weighted by Gasteiger charge is -2.35. The summed E-state index contributed by atoms with van der Waals surface area (Å²) in [4.78, 5) is 6.32. The van der Waals surface area contributed by atoms with Gasteiger partial charge in [-0.15, -0.1) is 0 Å². The number of rotatable bonds is 23. The molecule has 0 aromatic heterocycles. The molecule has 0 fully saturated rings. The molecule has 0 spiro atoms. The average molecular weight is 558 g/mol. The SMILES string of the molecule is CCCCCCCCCCCCCCC(C)O[N+](CC)(CC)CC.CCC[N+](CC)(CC)CC.[Cl-].[Cl-]. The minimum Gasteiger partial charge on any atom is -1.00 e. The first-order valence-corrected chi connectivity index (χ1v) is 15.8. The van der Waals surface area contributed by atoms with E-state index in [-0.39, 0.29) is 24.8 Å². The lowest BCUT2D eigenvalue weighted by atomic mass is 10.0. The zero-order chi connectivity index (χ0) is 26.1. The van der Waals surface area contributed by atoms with Crippen molar-refractivity contribution in [3.63, 3.8) is 0 Å². The van der Waals surface area contributed by atoms with Crippen molar-refractivity contribution in [3.05, 3.63) is 0 Å². The van der Waals surface area contributed by atoms with Gasteiger partial charge in [-0.25, -0.2) is 0 Å². The molecule has 224 valence electrons. The Morgan fingerprint density at radius 3 is 1.11 bits per heavy atom. The highest BCUT2D eigenvalue weighted by Gasteiger charge is 2.25. The van der Waals surface area contributed by atoms with Crippen LogP contribution in [0.25, 0.3) is 0 Å². The highest BCUT2D eigenvalue weighted by atomic mass is 35.5. The Hall–Kier alpha value is 0.460. The third-order valence-corrected chi connectivity index (χ3v) is 8.31. The van der Waals surface area contributed by atoms with Crippen molar-refractivity contribution in [1.82, 2.24) is 0 Å². The van der Waals surface area contributed by atoms with E-state index in [1.54, 1.807) is 0 Å². The largest absolute Gasteiger partial charge is 1.00 e. The van der Waals surface area contributed by atoms with Gasteiger partial charge < -0.3 is 29.3 Å². The quantitative estimate of drug-likeness (QED) is 0.106. The maximum Gasteiger partial charge on any atom is 0.114 e. The molecule has 0 rings (SSSR count). The summed E-state index contributed by atoms with van der Waals surface area (Å²) in [5.41, 5.74) is 0. The molecule has 0 saturated carbocycles. The first-order valence-electron chi connectivity index (χ1n) is 15.8. The summed E-state index contributed by atoms with van der Waals surface area (Å²) >= 11 is 0. The summed E-state index contributed by atoms with van der Waals surface area (Å²) in [7, 11) is 0. The van der Waals surface area contributed by atoms with Gasteiger partial charge in [-0.1, -0.05) is 90.9 Å². The summed E-state index contributed by atoms with van der Waals surface area (Å²) in [5.74, 6) is 0. The molecule has 0 aliphatic rings. The van der Waals surface area contributed by atoms with Crippen LogP contribution in [0.3, 0.4) is 0 Å².